The molecule has 0 saturated carbocycles. The van der Waals surface area contributed by atoms with E-state index in [2.05, 4.69) is 5.32 Å². The minimum atomic E-state index is -0.331. The lowest BCUT2D eigenvalue weighted by atomic mass is 10.1. The van der Waals surface area contributed by atoms with Crippen molar-refractivity contribution in [3.63, 3.8) is 0 Å². The van der Waals surface area contributed by atoms with Gasteiger partial charge in [-0.15, -0.1) is 0 Å². The molecule has 1 amide bonds. The number of hydrogen-bond acceptors (Lipinski definition) is 3. The van der Waals surface area contributed by atoms with Gasteiger partial charge in [0.05, 0.1) is 6.10 Å². The van der Waals surface area contributed by atoms with Crippen LogP contribution >= 0.6 is 0 Å². The van der Waals surface area contributed by atoms with Crippen LogP contribution in [0, 0.1) is 0 Å². The van der Waals surface area contributed by atoms with Crippen molar-refractivity contribution in [1.29, 1.82) is 0 Å². The largest absolute Gasteiger partial charge is 0.491 e. The highest BCUT2D eigenvalue weighted by atomic mass is 16.5. The predicted molar refractivity (Wildman–Crippen MR) is 93.7 cm³/mol. The van der Waals surface area contributed by atoms with Crippen molar-refractivity contribution in [1.82, 2.24) is 4.90 Å². The third-order valence-electron chi connectivity index (χ3n) is 3.37. The summed E-state index contributed by atoms with van der Waals surface area (Å²) in [6.45, 7) is 3.97. The second kappa shape index (κ2) is 7.79. The van der Waals surface area contributed by atoms with Gasteiger partial charge in [-0.1, -0.05) is 30.3 Å². The molecule has 0 aromatic heterocycles. The number of carbonyl (C=O) groups is 1. The molecule has 0 aliphatic rings. The number of carbonyl (C=O) groups excluding carboxylic acids is 1. The lowest BCUT2D eigenvalue weighted by molar-refractivity contribution is -0.120. The molecule has 23 heavy (non-hydrogen) atoms. The van der Waals surface area contributed by atoms with E-state index in [1.165, 1.54) is 0 Å². The maximum absolute atomic E-state index is 12.6. The van der Waals surface area contributed by atoms with E-state index in [-0.39, 0.29) is 18.1 Å². The van der Waals surface area contributed by atoms with Crippen LogP contribution in [0.15, 0.2) is 54.6 Å². The number of anilines is 1. The quantitative estimate of drug-likeness (QED) is 0.884. The first-order valence-electron chi connectivity index (χ1n) is 7.76. The number of rotatable bonds is 6. The van der Waals surface area contributed by atoms with Gasteiger partial charge in [0.2, 0.25) is 5.91 Å². The first-order valence-corrected chi connectivity index (χ1v) is 7.76. The smallest absolute Gasteiger partial charge is 0.246 e. The van der Waals surface area contributed by atoms with Crippen molar-refractivity contribution in [2.75, 3.05) is 19.4 Å². The fraction of sp³-hybridized carbons (Fsp3) is 0.316. The van der Waals surface area contributed by atoms with Crippen LogP contribution in [0.25, 0.3) is 0 Å². The topological polar surface area (TPSA) is 41.6 Å². The van der Waals surface area contributed by atoms with Crippen molar-refractivity contribution in [3.8, 4) is 5.75 Å². The second-order valence-electron chi connectivity index (χ2n) is 5.96. The number of ether oxygens (including phenoxy) is 1. The minimum absolute atomic E-state index is 0.0567. The third kappa shape index (κ3) is 4.83. The Hall–Kier alpha value is -2.33. The molecular formula is C19H24N2O2. The Bertz CT molecular complexity index is 622. The lowest BCUT2D eigenvalue weighted by Crippen LogP contribution is -2.32. The van der Waals surface area contributed by atoms with Crippen LogP contribution in [0.2, 0.25) is 0 Å². The van der Waals surface area contributed by atoms with E-state index >= 15 is 0 Å². The zero-order valence-corrected chi connectivity index (χ0v) is 14.1. The van der Waals surface area contributed by atoms with Crippen molar-refractivity contribution >= 4 is 11.6 Å². The molecule has 2 aromatic carbocycles. The molecule has 1 N–H and O–H groups in total. The van der Waals surface area contributed by atoms with Crippen molar-refractivity contribution in [3.05, 3.63) is 60.2 Å². The molecule has 0 spiro atoms. The second-order valence-corrected chi connectivity index (χ2v) is 5.96. The fourth-order valence-electron chi connectivity index (χ4n) is 2.42. The van der Waals surface area contributed by atoms with Crippen LogP contribution < -0.4 is 10.1 Å². The summed E-state index contributed by atoms with van der Waals surface area (Å²) in [5.74, 6) is 0.740. The summed E-state index contributed by atoms with van der Waals surface area (Å²) < 4.78 is 5.61. The summed E-state index contributed by atoms with van der Waals surface area (Å²) in [4.78, 5) is 14.5. The molecule has 0 aliphatic heterocycles. The molecule has 0 saturated heterocycles. The molecule has 0 aliphatic carbocycles. The van der Waals surface area contributed by atoms with Crippen molar-refractivity contribution in [2.45, 2.75) is 26.0 Å². The first kappa shape index (κ1) is 17.0. The van der Waals surface area contributed by atoms with Crippen LogP contribution in [0.5, 0.6) is 5.75 Å². The van der Waals surface area contributed by atoms with E-state index in [1.807, 2.05) is 87.4 Å². The molecule has 4 nitrogen and oxygen atoms in total. The van der Waals surface area contributed by atoms with Gasteiger partial charge in [-0.2, -0.15) is 0 Å². The van der Waals surface area contributed by atoms with E-state index in [4.69, 9.17) is 4.74 Å². The molecule has 2 rings (SSSR count). The summed E-state index contributed by atoms with van der Waals surface area (Å²) in [5.41, 5.74) is 1.73. The number of nitrogens with zero attached hydrogens (tertiary/aromatic N) is 1. The van der Waals surface area contributed by atoms with E-state index in [1.54, 1.807) is 0 Å². The van der Waals surface area contributed by atoms with E-state index < -0.39 is 0 Å². The molecule has 0 fully saturated rings. The van der Waals surface area contributed by atoms with Gasteiger partial charge in [0.15, 0.2) is 0 Å². The molecule has 0 bridgehead atoms. The van der Waals surface area contributed by atoms with Crippen molar-refractivity contribution in [2.24, 2.45) is 0 Å². The molecule has 122 valence electrons. The highest BCUT2D eigenvalue weighted by molar-refractivity contribution is 5.95. The number of benzene rings is 2. The average molecular weight is 312 g/mol. The van der Waals surface area contributed by atoms with Gasteiger partial charge in [0, 0.05) is 5.69 Å². The van der Waals surface area contributed by atoms with Crippen molar-refractivity contribution < 1.29 is 9.53 Å². The Morgan fingerprint density at radius 1 is 1.00 bits per heavy atom. The maximum atomic E-state index is 12.6. The Balaban J connectivity index is 2.10. The molecule has 4 heteroatoms. The van der Waals surface area contributed by atoms with Crippen LogP contribution in [0.4, 0.5) is 5.69 Å². The first-order chi connectivity index (χ1) is 11.0. The highest BCUT2D eigenvalue weighted by Gasteiger charge is 2.22. The summed E-state index contributed by atoms with van der Waals surface area (Å²) in [5, 5.41) is 2.97. The maximum Gasteiger partial charge on any atom is 0.246 e. The highest BCUT2D eigenvalue weighted by Crippen LogP contribution is 2.22. The number of hydrogen-bond donors (Lipinski definition) is 1. The molecule has 2 aromatic rings. The molecule has 1 atom stereocenters. The molecule has 0 radical (unpaired) electrons. The van der Waals surface area contributed by atoms with Gasteiger partial charge in [0.25, 0.3) is 0 Å². The molecule has 0 heterocycles. The number of likely N-dealkylation sites (N-methyl/N-ethyl adjacent to an activating group) is 1. The SMILES string of the molecule is CC(C)Oc1ccc(NC(=O)C(c2ccccc2)N(C)C)cc1. The van der Waals surface area contributed by atoms with Gasteiger partial charge >= 0.3 is 0 Å². The molecular weight excluding hydrogens is 288 g/mol. The average Bonchev–Trinajstić information content (AvgIpc) is 2.49. The fourth-order valence-corrected chi connectivity index (χ4v) is 2.42. The van der Waals surface area contributed by atoms with E-state index in [0.29, 0.717) is 0 Å². The number of amides is 1. The van der Waals surface area contributed by atoms with Crippen LogP contribution in [0.1, 0.15) is 25.5 Å². The van der Waals surface area contributed by atoms with Crippen LogP contribution in [0.3, 0.4) is 0 Å². The normalized spacial score (nSPS) is 12.3. The lowest BCUT2D eigenvalue weighted by Gasteiger charge is -2.24. The third-order valence-corrected chi connectivity index (χ3v) is 3.37. The van der Waals surface area contributed by atoms with Gasteiger partial charge in [-0.3, -0.25) is 9.69 Å². The van der Waals surface area contributed by atoms with E-state index in [9.17, 15) is 4.79 Å². The molecule has 1 unspecified atom stereocenters. The van der Waals surface area contributed by atoms with Crippen LogP contribution in [-0.2, 0) is 4.79 Å². The van der Waals surface area contributed by atoms with Gasteiger partial charge < -0.3 is 10.1 Å². The number of nitrogens with one attached hydrogen (secondary N) is 1. The summed E-state index contributed by atoms with van der Waals surface area (Å²) in [7, 11) is 3.80. The summed E-state index contributed by atoms with van der Waals surface area (Å²) >= 11 is 0. The monoisotopic (exact) mass is 312 g/mol. The Morgan fingerprint density at radius 3 is 2.13 bits per heavy atom. The van der Waals surface area contributed by atoms with E-state index in [0.717, 1.165) is 17.0 Å². The summed E-state index contributed by atoms with van der Waals surface area (Å²) in [6.07, 6.45) is 0.131. The summed E-state index contributed by atoms with van der Waals surface area (Å²) in [6, 6.07) is 16.9. The minimum Gasteiger partial charge on any atom is -0.491 e. The Labute approximate surface area is 138 Å². The standard InChI is InChI=1S/C19H24N2O2/c1-14(2)23-17-12-10-16(11-13-17)20-19(22)18(21(3)4)15-8-6-5-7-9-15/h5-14,18H,1-4H3,(H,20,22). The predicted octanol–water partition coefficient (Wildman–Crippen LogP) is 3.72. The zero-order chi connectivity index (χ0) is 16.8. The Morgan fingerprint density at radius 2 is 1.61 bits per heavy atom. The van der Waals surface area contributed by atoms with Crippen LogP contribution in [-0.4, -0.2) is 31.0 Å². The zero-order valence-electron chi connectivity index (χ0n) is 14.1. The van der Waals surface area contributed by atoms with Gasteiger partial charge in [-0.05, 0) is 57.8 Å². The Kier molecular flexibility index (Phi) is 5.77. The van der Waals surface area contributed by atoms with Gasteiger partial charge in [0.1, 0.15) is 11.8 Å². The van der Waals surface area contributed by atoms with Gasteiger partial charge in [-0.25, -0.2) is 0 Å².